The van der Waals surface area contributed by atoms with Crippen LogP contribution in [0, 0.1) is 5.92 Å². The molecule has 2 nitrogen and oxygen atoms in total. The van der Waals surface area contributed by atoms with Crippen molar-refractivity contribution in [1.82, 2.24) is 5.32 Å². The predicted octanol–water partition coefficient (Wildman–Crippen LogP) is 4.15. The van der Waals surface area contributed by atoms with E-state index in [-0.39, 0.29) is 13.0 Å². The molecule has 0 amide bonds. The summed E-state index contributed by atoms with van der Waals surface area (Å²) in [7, 11) is 0. The molecule has 0 aliphatic rings. The third-order valence-electron chi connectivity index (χ3n) is 2.65. The summed E-state index contributed by atoms with van der Waals surface area (Å²) >= 11 is 0. The molecule has 1 rings (SSSR count). The molecular formula is C15H22F3NO. The van der Waals surface area contributed by atoms with Crippen molar-refractivity contribution in [3.63, 3.8) is 0 Å². The molecule has 1 aromatic carbocycles. The number of halogens is 3. The fourth-order valence-corrected chi connectivity index (χ4v) is 1.71. The van der Waals surface area contributed by atoms with Crippen molar-refractivity contribution >= 4 is 0 Å². The van der Waals surface area contributed by atoms with Gasteiger partial charge in [-0.05, 0) is 36.6 Å². The van der Waals surface area contributed by atoms with Gasteiger partial charge in [-0.2, -0.15) is 13.2 Å². The zero-order valence-corrected chi connectivity index (χ0v) is 12.0. The second-order valence-electron chi connectivity index (χ2n) is 5.24. The summed E-state index contributed by atoms with van der Waals surface area (Å²) in [5.74, 6) is 1.20. The Morgan fingerprint density at radius 3 is 2.65 bits per heavy atom. The average Bonchev–Trinajstić information content (AvgIpc) is 2.34. The monoisotopic (exact) mass is 289 g/mol. The molecule has 0 heterocycles. The zero-order valence-electron chi connectivity index (χ0n) is 12.0. The molecule has 0 saturated heterocycles. The summed E-state index contributed by atoms with van der Waals surface area (Å²) in [5.41, 5.74) is 1.07. The topological polar surface area (TPSA) is 21.3 Å². The lowest BCUT2D eigenvalue weighted by Gasteiger charge is -2.10. The average molecular weight is 289 g/mol. The van der Waals surface area contributed by atoms with Gasteiger partial charge < -0.3 is 10.1 Å². The molecule has 5 heteroatoms. The molecule has 0 fully saturated rings. The number of hydrogen-bond acceptors (Lipinski definition) is 2. The SMILES string of the molecule is CC(C)CNCc1cccc(OCCCC(F)(F)F)c1. The van der Waals surface area contributed by atoms with E-state index in [1.54, 1.807) is 6.07 Å². The molecule has 0 saturated carbocycles. The number of rotatable bonds is 8. The highest BCUT2D eigenvalue weighted by Crippen LogP contribution is 2.21. The molecule has 0 aromatic heterocycles. The molecule has 0 unspecified atom stereocenters. The summed E-state index contributed by atoms with van der Waals surface area (Å²) in [6.07, 6.45) is -4.92. The van der Waals surface area contributed by atoms with E-state index in [2.05, 4.69) is 19.2 Å². The van der Waals surface area contributed by atoms with E-state index in [0.29, 0.717) is 11.7 Å². The van der Waals surface area contributed by atoms with E-state index >= 15 is 0 Å². The molecule has 20 heavy (non-hydrogen) atoms. The highest BCUT2D eigenvalue weighted by molar-refractivity contribution is 5.28. The summed E-state index contributed by atoms with van der Waals surface area (Å²) in [6.45, 7) is 6.01. The van der Waals surface area contributed by atoms with Crippen LogP contribution in [0.25, 0.3) is 0 Å². The molecule has 114 valence electrons. The van der Waals surface area contributed by atoms with Gasteiger partial charge in [-0.15, -0.1) is 0 Å². The minimum Gasteiger partial charge on any atom is -0.494 e. The van der Waals surface area contributed by atoms with Gasteiger partial charge in [-0.1, -0.05) is 26.0 Å². The molecular weight excluding hydrogens is 267 g/mol. The van der Waals surface area contributed by atoms with Gasteiger partial charge in [0.1, 0.15) is 5.75 Å². The first kappa shape index (κ1) is 16.8. The number of benzene rings is 1. The van der Waals surface area contributed by atoms with E-state index in [0.717, 1.165) is 18.7 Å². The van der Waals surface area contributed by atoms with Crippen LogP contribution in [0.4, 0.5) is 13.2 Å². The Bertz CT molecular complexity index is 391. The van der Waals surface area contributed by atoms with Crippen molar-refractivity contribution in [2.24, 2.45) is 5.92 Å². The van der Waals surface area contributed by atoms with Crippen LogP contribution < -0.4 is 10.1 Å². The number of ether oxygens (including phenoxy) is 1. The fraction of sp³-hybridized carbons (Fsp3) is 0.600. The molecule has 0 aliphatic carbocycles. The van der Waals surface area contributed by atoms with Gasteiger partial charge in [0.25, 0.3) is 0 Å². The Morgan fingerprint density at radius 1 is 1.25 bits per heavy atom. The van der Waals surface area contributed by atoms with E-state index in [4.69, 9.17) is 4.74 Å². The first-order chi connectivity index (χ1) is 9.37. The van der Waals surface area contributed by atoms with Gasteiger partial charge in [0.05, 0.1) is 6.61 Å². The molecule has 0 aliphatic heterocycles. The standard InChI is InChI=1S/C15H22F3NO/c1-12(2)10-19-11-13-5-3-6-14(9-13)20-8-4-7-15(16,17)18/h3,5-6,9,12,19H,4,7-8,10-11H2,1-2H3. The van der Waals surface area contributed by atoms with Crippen LogP contribution in [0.2, 0.25) is 0 Å². The minimum atomic E-state index is -4.11. The fourth-order valence-electron chi connectivity index (χ4n) is 1.71. The van der Waals surface area contributed by atoms with E-state index < -0.39 is 12.6 Å². The Balaban J connectivity index is 2.32. The highest BCUT2D eigenvalue weighted by atomic mass is 19.4. The summed E-state index contributed by atoms with van der Waals surface area (Å²) < 4.78 is 41.3. The van der Waals surface area contributed by atoms with Gasteiger partial charge in [-0.3, -0.25) is 0 Å². The van der Waals surface area contributed by atoms with E-state index in [1.165, 1.54) is 0 Å². The second kappa shape index (κ2) is 8.15. The summed E-state index contributed by atoms with van der Waals surface area (Å²) in [4.78, 5) is 0. The highest BCUT2D eigenvalue weighted by Gasteiger charge is 2.26. The Kier molecular flexibility index (Phi) is 6.85. The molecule has 0 atom stereocenters. The van der Waals surface area contributed by atoms with E-state index in [9.17, 15) is 13.2 Å². The quantitative estimate of drug-likeness (QED) is 0.726. The molecule has 1 N–H and O–H groups in total. The lowest BCUT2D eigenvalue weighted by molar-refractivity contribution is -0.136. The Morgan fingerprint density at radius 2 is 2.00 bits per heavy atom. The van der Waals surface area contributed by atoms with Crippen molar-refractivity contribution in [1.29, 1.82) is 0 Å². The minimum absolute atomic E-state index is 0.0146. The van der Waals surface area contributed by atoms with Crippen LogP contribution in [0.3, 0.4) is 0 Å². The Labute approximate surface area is 118 Å². The number of nitrogens with one attached hydrogen (secondary N) is 1. The van der Waals surface area contributed by atoms with Crippen LogP contribution in [0.15, 0.2) is 24.3 Å². The Hall–Kier alpha value is -1.23. The van der Waals surface area contributed by atoms with Crippen molar-refractivity contribution in [3.8, 4) is 5.75 Å². The normalized spacial score (nSPS) is 11.9. The molecule has 0 spiro atoms. The lowest BCUT2D eigenvalue weighted by atomic mass is 10.2. The van der Waals surface area contributed by atoms with Crippen LogP contribution in [-0.4, -0.2) is 19.3 Å². The third kappa shape index (κ3) is 8.04. The maximum atomic E-state index is 12.0. The second-order valence-corrected chi connectivity index (χ2v) is 5.24. The van der Waals surface area contributed by atoms with Crippen LogP contribution in [0.1, 0.15) is 32.3 Å². The maximum absolute atomic E-state index is 12.0. The van der Waals surface area contributed by atoms with Crippen LogP contribution >= 0.6 is 0 Å². The largest absolute Gasteiger partial charge is 0.494 e. The lowest BCUT2D eigenvalue weighted by Crippen LogP contribution is -2.18. The first-order valence-electron chi connectivity index (χ1n) is 6.86. The maximum Gasteiger partial charge on any atom is 0.389 e. The van der Waals surface area contributed by atoms with Crippen LogP contribution in [-0.2, 0) is 6.54 Å². The smallest absolute Gasteiger partial charge is 0.389 e. The van der Waals surface area contributed by atoms with Gasteiger partial charge >= 0.3 is 6.18 Å². The third-order valence-corrected chi connectivity index (χ3v) is 2.65. The van der Waals surface area contributed by atoms with Gasteiger partial charge in [0.2, 0.25) is 0 Å². The van der Waals surface area contributed by atoms with Crippen LogP contribution in [0.5, 0.6) is 5.75 Å². The zero-order chi connectivity index (χ0) is 15.0. The van der Waals surface area contributed by atoms with Crippen molar-refractivity contribution < 1.29 is 17.9 Å². The van der Waals surface area contributed by atoms with Gasteiger partial charge in [-0.25, -0.2) is 0 Å². The number of alkyl halides is 3. The molecule has 0 bridgehead atoms. The first-order valence-corrected chi connectivity index (χ1v) is 6.86. The van der Waals surface area contributed by atoms with E-state index in [1.807, 2.05) is 18.2 Å². The molecule has 1 aromatic rings. The van der Waals surface area contributed by atoms with Crippen molar-refractivity contribution in [2.45, 2.75) is 39.4 Å². The summed E-state index contributed by atoms with van der Waals surface area (Å²) in [5, 5.41) is 3.31. The number of hydrogen-bond donors (Lipinski definition) is 1. The molecule has 0 radical (unpaired) electrons. The predicted molar refractivity (Wildman–Crippen MR) is 73.8 cm³/mol. The van der Waals surface area contributed by atoms with Gasteiger partial charge in [0, 0.05) is 13.0 Å². The van der Waals surface area contributed by atoms with Gasteiger partial charge in [0.15, 0.2) is 0 Å². The van der Waals surface area contributed by atoms with Crippen molar-refractivity contribution in [2.75, 3.05) is 13.2 Å². The van der Waals surface area contributed by atoms with Crippen molar-refractivity contribution in [3.05, 3.63) is 29.8 Å². The summed E-state index contributed by atoms with van der Waals surface area (Å²) in [6, 6.07) is 7.45.